The summed E-state index contributed by atoms with van der Waals surface area (Å²) in [5, 5.41) is 20.7. The van der Waals surface area contributed by atoms with E-state index < -0.39 is 55.7 Å². The number of aliphatic hydroxyl groups excluding tert-OH is 2. The molecule has 3 N–H and O–H groups in total. The quantitative estimate of drug-likeness (QED) is 0.324. The van der Waals surface area contributed by atoms with Crippen LogP contribution in [0.15, 0.2) is 21.9 Å². The number of hydrogen-bond donors (Lipinski definition) is 3. The second kappa shape index (κ2) is 10.5. The van der Waals surface area contributed by atoms with E-state index in [9.17, 15) is 29.2 Å². The van der Waals surface area contributed by atoms with Gasteiger partial charge in [-0.2, -0.15) is 0 Å². The highest BCUT2D eigenvalue weighted by atomic mass is 32.2. The maximum Gasteiger partial charge on any atom is 0.697 e. The van der Waals surface area contributed by atoms with Crippen LogP contribution in [0.25, 0.3) is 0 Å². The number of aromatic amines is 1. The Morgan fingerprint density at radius 2 is 2.03 bits per heavy atom. The van der Waals surface area contributed by atoms with Crippen molar-refractivity contribution in [3.8, 4) is 0 Å². The van der Waals surface area contributed by atoms with Gasteiger partial charge in [0.1, 0.15) is 18.8 Å². The summed E-state index contributed by atoms with van der Waals surface area (Å²) in [4.78, 5) is 37.0. The van der Waals surface area contributed by atoms with E-state index >= 15 is 0 Å². The lowest BCUT2D eigenvalue weighted by atomic mass is 10.00. The number of nitrogens with zero attached hydrogens (tertiary/aromatic N) is 1. The summed E-state index contributed by atoms with van der Waals surface area (Å²) in [6, 6.07) is 1.04. The molecule has 0 aromatic carbocycles. The molecule has 31 heavy (non-hydrogen) atoms. The second-order valence-electron chi connectivity index (χ2n) is 7.69. The highest BCUT2D eigenvalue weighted by molar-refractivity contribution is 8.13. The van der Waals surface area contributed by atoms with Crippen molar-refractivity contribution in [1.82, 2.24) is 9.55 Å². The lowest BCUT2D eigenvalue weighted by molar-refractivity contribution is -0.266. The molecule has 1 aliphatic heterocycles. The Morgan fingerprint density at radius 3 is 2.61 bits per heavy atom. The molecule has 1 fully saturated rings. The number of ether oxygens (including phenoxy) is 2. The molecule has 1 saturated heterocycles. The number of methoxy groups -OCH3 is 1. The Balaban J connectivity index is 1.95. The average molecular weight is 481 g/mol. The Morgan fingerprint density at radius 1 is 1.35 bits per heavy atom. The number of aromatic nitrogens is 2. The fourth-order valence-corrected chi connectivity index (χ4v) is 4.11. The van der Waals surface area contributed by atoms with Crippen LogP contribution in [0.3, 0.4) is 0 Å². The van der Waals surface area contributed by atoms with Gasteiger partial charge >= 0.3 is 13.9 Å². The molecule has 174 valence electrons. The standard InChI is InChI=1S/C17H25N2O10PS/c1-16(2,3)14(23)31-8-7-27-30(25)28-9-17(26-4)12(22)11(21)13(29-17)19-6-5-10(20)18-15(19)24/h5-6,11-13,21-22H,7-9H2,1-4H3/p+1/t11-,12+,13-,17-/m1/s1. The number of carbonyl (C=O) groups excluding carboxylic acids is 1. The molecule has 2 heterocycles. The molecule has 0 saturated carbocycles. The maximum atomic E-state index is 12.0. The first-order valence-corrected chi connectivity index (χ1v) is 11.3. The van der Waals surface area contributed by atoms with Crippen LogP contribution in [0.5, 0.6) is 0 Å². The first-order chi connectivity index (χ1) is 14.4. The predicted octanol–water partition coefficient (Wildman–Crippen LogP) is 0.126. The van der Waals surface area contributed by atoms with E-state index in [0.717, 1.165) is 28.6 Å². The number of carbonyl (C=O) groups is 1. The minimum absolute atomic E-state index is 0.0247. The van der Waals surface area contributed by atoms with Crippen LogP contribution in [0.2, 0.25) is 0 Å². The zero-order valence-corrected chi connectivity index (χ0v) is 19.2. The van der Waals surface area contributed by atoms with Crippen LogP contribution in [0, 0.1) is 5.41 Å². The van der Waals surface area contributed by atoms with Gasteiger partial charge in [0.15, 0.2) is 18.0 Å². The van der Waals surface area contributed by atoms with Crippen molar-refractivity contribution < 1.29 is 38.1 Å². The summed E-state index contributed by atoms with van der Waals surface area (Å²) in [7, 11) is -1.48. The molecule has 0 amide bonds. The van der Waals surface area contributed by atoms with Crippen LogP contribution < -0.4 is 11.2 Å². The lowest BCUT2D eigenvalue weighted by Gasteiger charge is -2.27. The number of aliphatic hydroxyl groups is 2. The normalized spacial score (nSPS) is 26.8. The molecule has 5 atom stereocenters. The maximum absolute atomic E-state index is 12.0. The summed E-state index contributed by atoms with van der Waals surface area (Å²) < 4.78 is 33.7. The van der Waals surface area contributed by atoms with Gasteiger partial charge in [0.05, 0.1) is 0 Å². The summed E-state index contributed by atoms with van der Waals surface area (Å²) in [5.41, 5.74) is -2.02. The molecule has 12 nitrogen and oxygen atoms in total. The molecule has 1 unspecified atom stereocenters. The monoisotopic (exact) mass is 481 g/mol. The molecule has 1 aromatic rings. The van der Waals surface area contributed by atoms with E-state index in [1.54, 1.807) is 20.8 Å². The topological polar surface area (TPSA) is 166 Å². The summed E-state index contributed by atoms with van der Waals surface area (Å²) in [5.74, 6) is -1.68. The minimum atomic E-state index is -2.65. The van der Waals surface area contributed by atoms with Gasteiger partial charge in [-0.25, -0.2) is 4.79 Å². The Bertz CT molecular complexity index is 913. The largest absolute Gasteiger partial charge is 0.697 e. The number of H-pyrrole nitrogens is 1. The van der Waals surface area contributed by atoms with Gasteiger partial charge in [0.25, 0.3) is 5.56 Å². The van der Waals surface area contributed by atoms with Crippen LogP contribution in [-0.4, -0.2) is 69.0 Å². The Kier molecular flexibility index (Phi) is 8.70. The van der Waals surface area contributed by atoms with Crippen molar-refractivity contribution in [2.24, 2.45) is 5.41 Å². The summed E-state index contributed by atoms with van der Waals surface area (Å²) in [6.07, 6.45) is -3.61. The molecule has 0 radical (unpaired) electrons. The first-order valence-electron chi connectivity index (χ1n) is 9.22. The van der Waals surface area contributed by atoms with Crippen molar-refractivity contribution in [3.63, 3.8) is 0 Å². The number of hydrogen-bond acceptors (Lipinski definition) is 11. The molecule has 1 aliphatic rings. The third-order valence-electron chi connectivity index (χ3n) is 4.35. The van der Waals surface area contributed by atoms with Crippen LogP contribution >= 0.6 is 20.0 Å². The molecule has 2 rings (SSSR count). The van der Waals surface area contributed by atoms with E-state index in [1.165, 1.54) is 7.11 Å². The molecule has 0 bridgehead atoms. The van der Waals surface area contributed by atoms with Gasteiger partial charge in [-0.15, -0.1) is 9.05 Å². The van der Waals surface area contributed by atoms with Crippen LogP contribution in [0.1, 0.15) is 27.0 Å². The van der Waals surface area contributed by atoms with E-state index in [4.69, 9.17) is 18.5 Å². The number of rotatable bonds is 9. The average Bonchev–Trinajstić information content (AvgIpc) is 2.94. The van der Waals surface area contributed by atoms with E-state index in [2.05, 4.69) is 0 Å². The third kappa shape index (κ3) is 6.30. The second-order valence-corrected chi connectivity index (χ2v) is 9.72. The number of nitrogens with one attached hydrogen (secondary N) is 1. The Hall–Kier alpha value is -1.44. The van der Waals surface area contributed by atoms with Gasteiger partial charge < -0.3 is 19.7 Å². The van der Waals surface area contributed by atoms with E-state index in [1.807, 2.05) is 4.98 Å². The molecular weight excluding hydrogens is 455 g/mol. The smallest absolute Gasteiger partial charge is 0.385 e. The lowest BCUT2D eigenvalue weighted by Crippen LogP contribution is -2.48. The fourth-order valence-electron chi connectivity index (χ4n) is 2.60. The minimum Gasteiger partial charge on any atom is -0.385 e. The SMILES string of the molecule is CO[C@]1(CO[P+](=O)OCCSC(=O)C(C)(C)C)O[C@@H](n2ccc(=O)[nH]c2=O)[C@H](O)[C@@H]1O. The molecule has 14 heteroatoms. The van der Waals surface area contributed by atoms with Crippen LogP contribution in [-0.2, 0) is 27.9 Å². The molecule has 0 aliphatic carbocycles. The molecular formula is C17H26N2O10PS+. The van der Waals surface area contributed by atoms with Gasteiger partial charge in [-0.1, -0.05) is 32.5 Å². The van der Waals surface area contributed by atoms with Crippen LogP contribution in [0.4, 0.5) is 0 Å². The highest BCUT2D eigenvalue weighted by Crippen LogP contribution is 2.39. The molecule has 0 spiro atoms. The zero-order valence-electron chi connectivity index (χ0n) is 17.5. The zero-order chi connectivity index (χ0) is 23.4. The fraction of sp³-hybridized carbons (Fsp3) is 0.706. The summed E-state index contributed by atoms with van der Waals surface area (Å²) >= 11 is 1.05. The van der Waals surface area contributed by atoms with Crippen molar-refractivity contribution in [3.05, 3.63) is 33.1 Å². The van der Waals surface area contributed by atoms with Crippen molar-refractivity contribution in [2.45, 2.75) is 45.0 Å². The van der Waals surface area contributed by atoms with Gasteiger partial charge in [0.2, 0.25) is 5.79 Å². The first kappa shape index (κ1) is 25.8. The summed E-state index contributed by atoms with van der Waals surface area (Å²) in [6.45, 7) is 4.73. The van der Waals surface area contributed by atoms with Crippen molar-refractivity contribution >= 4 is 25.1 Å². The third-order valence-corrected chi connectivity index (χ3v) is 6.33. The highest BCUT2D eigenvalue weighted by Gasteiger charge is 2.57. The van der Waals surface area contributed by atoms with Crippen molar-refractivity contribution in [2.75, 3.05) is 26.1 Å². The molecule has 1 aromatic heterocycles. The predicted molar refractivity (Wildman–Crippen MR) is 110 cm³/mol. The Labute approximate surface area is 182 Å². The van der Waals surface area contributed by atoms with Gasteiger partial charge in [-0.3, -0.25) is 19.1 Å². The van der Waals surface area contributed by atoms with E-state index in [-0.39, 0.29) is 17.5 Å². The van der Waals surface area contributed by atoms with Gasteiger partial charge in [-0.05, 0) is 0 Å². The van der Waals surface area contributed by atoms with Gasteiger partial charge in [0, 0.05) is 35.1 Å². The van der Waals surface area contributed by atoms with E-state index in [0.29, 0.717) is 0 Å². The number of thioether (sulfide) groups is 1. The van der Waals surface area contributed by atoms with Crippen molar-refractivity contribution in [1.29, 1.82) is 0 Å².